The van der Waals surface area contributed by atoms with Crippen molar-refractivity contribution < 1.29 is 4.92 Å². The maximum Gasteiger partial charge on any atom is 0.271 e. The van der Waals surface area contributed by atoms with Crippen molar-refractivity contribution in [1.29, 1.82) is 0 Å². The molecule has 1 aromatic heterocycles. The average molecular weight is 362 g/mol. The number of nitro benzene ring substituents is 1. The molecule has 1 atom stereocenters. The smallest absolute Gasteiger partial charge is 0.271 e. The molecule has 0 radical (unpaired) electrons. The summed E-state index contributed by atoms with van der Waals surface area (Å²) in [6.07, 6.45) is 6.51. The Morgan fingerprint density at radius 2 is 2.00 bits per heavy atom. The van der Waals surface area contributed by atoms with Crippen LogP contribution in [-0.4, -0.2) is 26.2 Å². The maximum absolute atomic E-state index is 11.0. The normalized spacial score (nSPS) is 20.4. The summed E-state index contributed by atoms with van der Waals surface area (Å²) in [5.41, 5.74) is 0.854. The third-order valence-corrected chi connectivity index (χ3v) is 5.44. The molecule has 1 saturated heterocycles. The number of aryl methyl sites for hydroxylation is 1. The van der Waals surface area contributed by atoms with Crippen LogP contribution in [0.3, 0.4) is 0 Å². The minimum atomic E-state index is -0.418. The molecule has 7 nitrogen and oxygen atoms in total. The monoisotopic (exact) mass is 361 g/mol. The molecule has 0 aliphatic carbocycles. The lowest BCUT2D eigenvalue weighted by Crippen LogP contribution is -2.35. The van der Waals surface area contributed by atoms with Crippen LogP contribution in [0.15, 0.2) is 18.2 Å². The van der Waals surface area contributed by atoms with Crippen LogP contribution in [0, 0.1) is 10.1 Å². The standard InChI is InChI=1S/C17H20ClN5O2/c18-13-11-12(23(24)25)7-8-14(13)21-9-3-1-5-15(21)17-20-19-16-6-2-4-10-22(16)17/h7-8,11,15H,1-6,9-10H2. The molecule has 4 rings (SSSR count). The van der Waals surface area contributed by atoms with E-state index in [1.807, 2.05) is 0 Å². The van der Waals surface area contributed by atoms with Crippen LogP contribution in [0.2, 0.25) is 5.02 Å². The SMILES string of the molecule is O=[N+]([O-])c1ccc(N2CCCCC2c2nnc3n2CCCC3)c(Cl)c1. The minimum Gasteiger partial charge on any atom is -0.360 e. The summed E-state index contributed by atoms with van der Waals surface area (Å²) in [6, 6.07) is 4.83. The molecule has 0 amide bonds. The van der Waals surface area contributed by atoms with Crippen LogP contribution in [0.4, 0.5) is 11.4 Å². The fourth-order valence-electron chi connectivity index (χ4n) is 3.91. The van der Waals surface area contributed by atoms with E-state index >= 15 is 0 Å². The van der Waals surface area contributed by atoms with Crippen molar-refractivity contribution in [2.45, 2.75) is 51.1 Å². The summed E-state index contributed by atoms with van der Waals surface area (Å²) in [7, 11) is 0. The van der Waals surface area contributed by atoms with Gasteiger partial charge in [-0.15, -0.1) is 10.2 Å². The number of hydrogen-bond acceptors (Lipinski definition) is 5. The fraction of sp³-hybridized carbons (Fsp3) is 0.529. The Kier molecular flexibility index (Phi) is 4.33. The first-order valence-electron chi connectivity index (χ1n) is 8.77. The number of piperidine rings is 1. The van der Waals surface area contributed by atoms with Gasteiger partial charge >= 0.3 is 0 Å². The molecule has 1 fully saturated rings. The molecule has 0 saturated carbocycles. The molecule has 132 valence electrons. The number of fused-ring (bicyclic) bond motifs is 1. The number of nitrogens with zero attached hydrogens (tertiary/aromatic N) is 5. The van der Waals surface area contributed by atoms with Crippen molar-refractivity contribution in [2.24, 2.45) is 0 Å². The van der Waals surface area contributed by atoms with Gasteiger partial charge in [-0.1, -0.05) is 11.6 Å². The van der Waals surface area contributed by atoms with E-state index in [2.05, 4.69) is 19.7 Å². The summed E-state index contributed by atoms with van der Waals surface area (Å²) < 4.78 is 2.26. The lowest BCUT2D eigenvalue weighted by Gasteiger charge is -2.37. The van der Waals surface area contributed by atoms with Gasteiger partial charge in [0.1, 0.15) is 5.82 Å². The highest BCUT2D eigenvalue weighted by Crippen LogP contribution is 2.39. The molecule has 2 aliphatic rings. The van der Waals surface area contributed by atoms with Crippen molar-refractivity contribution in [2.75, 3.05) is 11.4 Å². The summed E-state index contributed by atoms with van der Waals surface area (Å²) in [5, 5.41) is 20.3. The Hall–Kier alpha value is -2.15. The van der Waals surface area contributed by atoms with Crippen LogP contribution in [0.25, 0.3) is 0 Å². The molecular weight excluding hydrogens is 342 g/mol. The second-order valence-electron chi connectivity index (χ2n) is 6.68. The zero-order valence-corrected chi connectivity index (χ0v) is 14.7. The van der Waals surface area contributed by atoms with E-state index in [1.54, 1.807) is 6.07 Å². The van der Waals surface area contributed by atoms with Gasteiger partial charge in [0.05, 0.1) is 21.7 Å². The highest BCUT2D eigenvalue weighted by atomic mass is 35.5. The summed E-state index contributed by atoms with van der Waals surface area (Å²) >= 11 is 6.39. The Morgan fingerprint density at radius 1 is 1.16 bits per heavy atom. The van der Waals surface area contributed by atoms with Gasteiger partial charge in [0.2, 0.25) is 0 Å². The summed E-state index contributed by atoms with van der Waals surface area (Å²) in [6.45, 7) is 1.83. The van der Waals surface area contributed by atoms with E-state index in [0.29, 0.717) is 5.02 Å². The lowest BCUT2D eigenvalue weighted by molar-refractivity contribution is -0.384. The molecule has 8 heteroatoms. The quantitative estimate of drug-likeness (QED) is 0.612. The van der Waals surface area contributed by atoms with Crippen LogP contribution >= 0.6 is 11.6 Å². The molecular formula is C17H20ClN5O2. The topological polar surface area (TPSA) is 77.1 Å². The van der Waals surface area contributed by atoms with Gasteiger partial charge in [-0.05, 0) is 38.2 Å². The van der Waals surface area contributed by atoms with Crippen molar-refractivity contribution in [3.63, 3.8) is 0 Å². The summed E-state index contributed by atoms with van der Waals surface area (Å²) in [4.78, 5) is 12.8. The maximum atomic E-state index is 11.0. The molecule has 0 bridgehead atoms. The van der Waals surface area contributed by atoms with E-state index in [-0.39, 0.29) is 11.7 Å². The van der Waals surface area contributed by atoms with E-state index < -0.39 is 4.92 Å². The molecule has 25 heavy (non-hydrogen) atoms. The highest BCUT2D eigenvalue weighted by molar-refractivity contribution is 6.33. The number of non-ortho nitro benzene ring substituents is 1. The van der Waals surface area contributed by atoms with E-state index in [9.17, 15) is 10.1 Å². The van der Waals surface area contributed by atoms with Crippen molar-refractivity contribution in [3.05, 3.63) is 45.0 Å². The van der Waals surface area contributed by atoms with Crippen molar-refractivity contribution in [3.8, 4) is 0 Å². The second-order valence-corrected chi connectivity index (χ2v) is 7.09. The second kappa shape index (κ2) is 6.63. The Labute approximate surface area is 150 Å². The largest absolute Gasteiger partial charge is 0.360 e. The minimum absolute atomic E-state index is 0.0159. The Balaban J connectivity index is 1.70. The first-order valence-corrected chi connectivity index (χ1v) is 9.15. The van der Waals surface area contributed by atoms with Gasteiger partial charge < -0.3 is 9.47 Å². The first kappa shape index (κ1) is 16.3. The molecule has 2 aliphatic heterocycles. The number of aromatic nitrogens is 3. The number of halogens is 1. The van der Waals surface area contributed by atoms with Gasteiger partial charge in [-0.3, -0.25) is 10.1 Å². The Morgan fingerprint density at radius 3 is 2.80 bits per heavy atom. The molecule has 0 N–H and O–H groups in total. The Bertz CT molecular complexity index is 806. The predicted molar refractivity (Wildman–Crippen MR) is 95.0 cm³/mol. The van der Waals surface area contributed by atoms with E-state index in [1.165, 1.54) is 18.6 Å². The zero-order chi connectivity index (χ0) is 17.4. The van der Waals surface area contributed by atoms with Gasteiger partial charge in [0, 0.05) is 31.6 Å². The average Bonchev–Trinajstić information content (AvgIpc) is 3.05. The molecule has 3 heterocycles. The molecule has 2 aromatic rings. The first-order chi connectivity index (χ1) is 12.1. The zero-order valence-electron chi connectivity index (χ0n) is 13.9. The van der Waals surface area contributed by atoms with Gasteiger partial charge in [-0.25, -0.2) is 0 Å². The number of nitro groups is 1. The van der Waals surface area contributed by atoms with Crippen LogP contribution < -0.4 is 4.90 Å². The number of hydrogen-bond donors (Lipinski definition) is 0. The molecule has 0 spiro atoms. The van der Waals surface area contributed by atoms with Gasteiger partial charge in [0.25, 0.3) is 5.69 Å². The van der Waals surface area contributed by atoms with Crippen LogP contribution in [0.1, 0.15) is 49.8 Å². The number of rotatable bonds is 3. The van der Waals surface area contributed by atoms with E-state index in [0.717, 1.165) is 62.5 Å². The van der Waals surface area contributed by atoms with Crippen molar-refractivity contribution in [1.82, 2.24) is 14.8 Å². The summed E-state index contributed by atoms with van der Waals surface area (Å²) in [5.74, 6) is 2.07. The third kappa shape index (κ3) is 2.97. The van der Waals surface area contributed by atoms with Gasteiger partial charge in [0.15, 0.2) is 5.82 Å². The van der Waals surface area contributed by atoms with E-state index in [4.69, 9.17) is 11.6 Å². The highest BCUT2D eigenvalue weighted by Gasteiger charge is 2.31. The third-order valence-electron chi connectivity index (χ3n) is 5.14. The number of benzene rings is 1. The lowest BCUT2D eigenvalue weighted by atomic mass is 9.99. The molecule has 1 aromatic carbocycles. The van der Waals surface area contributed by atoms with Crippen LogP contribution in [-0.2, 0) is 13.0 Å². The van der Waals surface area contributed by atoms with Crippen LogP contribution in [0.5, 0.6) is 0 Å². The number of anilines is 1. The van der Waals surface area contributed by atoms with Gasteiger partial charge in [-0.2, -0.15) is 0 Å². The molecule has 1 unspecified atom stereocenters. The fourth-order valence-corrected chi connectivity index (χ4v) is 4.19. The predicted octanol–water partition coefficient (Wildman–Crippen LogP) is 3.91. The van der Waals surface area contributed by atoms with Crippen molar-refractivity contribution >= 4 is 23.0 Å².